The average Bonchev–Trinajstić information content (AvgIpc) is 2.41. The maximum absolute atomic E-state index is 12.7. The summed E-state index contributed by atoms with van der Waals surface area (Å²) in [5.41, 5.74) is 7.24. The van der Waals surface area contributed by atoms with Gasteiger partial charge in [0.05, 0.1) is 10.7 Å². The Bertz CT molecular complexity index is 599. The molecule has 0 bridgehead atoms. The third-order valence-corrected chi connectivity index (χ3v) is 2.96. The van der Waals surface area contributed by atoms with Crippen LogP contribution in [0.4, 0.5) is 10.1 Å². The Balaban J connectivity index is 2.01. The van der Waals surface area contributed by atoms with Gasteiger partial charge in [-0.15, -0.1) is 0 Å². The molecule has 2 aromatic carbocycles. The first-order valence-electron chi connectivity index (χ1n) is 5.64. The van der Waals surface area contributed by atoms with Gasteiger partial charge in [0.1, 0.15) is 5.82 Å². The van der Waals surface area contributed by atoms with Gasteiger partial charge in [-0.3, -0.25) is 4.79 Å². The second-order valence-corrected chi connectivity index (χ2v) is 4.45. The van der Waals surface area contributed by atoms with Crippen LogP contribution in [0.25, 0.3) is 0 Å². The SMILES string of the molecule is Nc1ccc(C(=O)NCc2ccc(F)cc2)cc1Cl. The first-order chi connectivity index (χ1) is 9.06. The summed E-state index contributed by atoms with van der Waals surface area (Å²) in [6.45, 7) is 0.321. The van der Waals surface area contributed by atoms with Crippen LogP contribution in [0.15, 0.2) is 42.5 Å². The van der Waals surface area contributed by atoms with E-state index < -0.39 is 0 Å². The van der Waals surface area contributed by atoms with E-state index in [9.17, 15) is 9.18 Å². The quantitative estimate of drug-likeness (QED) is 0.848. The monoisotopic (exact) mass is 278 g/mol. The van der Waals surface area contributed by atoms with Crippen molar-refractivity contribution in [2.24, 2.45) is 0 Å². The number of hydrogen-bond acceptors (Lipinski definition) is 2. The van der Waals surface area contributed by atoms with E-state index in [1.807, 2.05) is 0 Å². The van der Waals surface area contributed by atoms with Crippen LogP contribution in [-0.2, 0) is 6.54 Å². The van der Waals surface area contributed by atoms with Crippen molar-refractivity contribution in [3.8, 4) is 0 Å². The van der Waals surface area contributed by atoms with Crippen molar-refractivity contribution in [2.45, 2.75) is 6.54 Å². The molecule has 1 amide bonds. The average molecular weight is 279 g/mol. The van der Waals surface area contributed by atoms with E-state index in [1.165, 1.54) is 18.2 Å². The molecule has 0 radical (unpaired) electrons. The van der Waals surface area contributed by atoms with E-state index in [-0.39, 0.29) is 11.7 Å². The van der Waals surface area contributed by atoms with Gasteiger partial charge >= 0.3 is 0 Å². The lowest BCUT2D eigenvalue weighted by molar-refractivity contribution is 0.0951. The van der Waals surface area contributed by atoms with Gasteiger partial charge in [-0.25, -0.2) is 4.39 Å². The first kappa shape index (κ1) is 13.4. The molecule has 3 N–H and O–H groups in total. The summed E-state index contributed by atoms with van der Waals surface area (Å²) in [6, 6.07) is 10.6. The summed E-state index contributed by atoms with van der Waals surface area (Å²) in [6.07, 6.45) is 0. The van der Waals surface area contributed by atoms with Crippen LogP contribution in [-0.4, -0.2) is 5.91 Å². The van der Waals surface area contributed by atoms with Crippen LogP contribution in [0.2, 0.25) is 5.02 Å². The lowest BCUT2D eigenvalue weighted by Crippen LogP contribution is -2.22. The van der Waals surface area contributed by atoms with Gasteiger partial charge in [-0.05, 0) is 35.9 Å². The van der Waals surface area contributed by atoms with E-state index in [4.69, 9.17) is 17.3 Å². The molecule has 0 aliphatic heterocycles. The molecule has 3 nitrogen and oxygen atoms in total. The van der Waals surface area contributed by atoms with Crippen molar-refractivity contribution in [3.05, 3.63) is 64.4 Å². The zero-order valence-corrected chi connectivity index (χ0v) is 10.7. The summed E-state index contributed by atoms with van der Waals surface area (Å²) in [5.74, 6) is -0.563. The molecule has 0 aromatic heterocycles. The molecule has 98 valence electrons. The smallest absolute Gasteiger partial charge is 0.251 e. The maximum Gasteiger partial charge on any atom is 0.251 e. The van der Waals surface area contributed by atoms with Crippen molar-refractivity contribution in [3.63, 3.8) is 0 Å². The van der Waals surface area contributed by atoms with Gasteiger partial charge in [-0.1, -0.05) is 23.7 Å². The predicted octanol–water partition coefficient (Wildman–Crippen LogP) is 2.99. The van der Waals surface area contributed by atoms with Crippen molar-refractivity contribution < 1.29 is 9.18 Å². The van der Waals surface area contributed by atoms with Crippen LogP contribution in [0, 0.1) is 5.82 Å². The standard InChI is InChI=1S/C14H12ClFN2O/c15-12-7-10(3-6-13(12)17)14(19)18-8-9-1-4-11(16)5-2-9/h1-7H,8,17H2,(H,18,19). The molecule has 0 aliphatic rings. The number of amides is 1. The van der Waals surface area contributed by atoms with E-state index >= 15 is 0 Å². The zero-order chi connectivity index (χ0) is 13.8. The fraction of sp³-hybridized carbons (Fsp3) is 0.0714. The van der Waals surface area contributed by atoms with Crippen LogP contribution < -0.4 is 11.1 Å². The lowest BCUT2D eigenvalue weighted by atomic mass is 10.2. The molecular weight excluding hydrogens is 267 g/mol. The molecular formula is C14H12ClFN2O. The zero-order valence-electron chi connectivity index (χ0n) is 9.99. The number of nitrogen functional groups attached to an aromatic ring is 1. The van der Waals surface area contributed by atoms with Crippen LogP contribution in [0.3, 0.4) is 0 Å². The summed E-state index contributed by atoms with van der Waals surface area (Å²) >= 11 is 5.85. The van der Waals surface area contributed by atoms with E-state index in [0.29, 0.717) is 22.8 Å². The highest BCUT2D eigenvalue weighted by Crippen LogP contribution is 2.19. The predicted molar refractivity (Wildman–Crippen MR) is 73.4 cm³/mol. The summed E-state index contributed by atoms with van der Waals surface area (Å²) in [5, 5.41) is 3.06. The molecule has 5 heteroatoms. The topological polar surface area (TPSA) is 55.1 Å². The van der Waals surface area contributed by atoms with Crippen molar-refractivity contribution in [1.29, 1.82) is 0 Å². The van der Waals surface area contributed by atoms with Crippen molar-refractivity contribution >= 4 is 23.2 Å². The largest absolute Gasteiger partial charge is 0.398 e. The fourth-order valence-corrected chi connectivity index (χ4v) is 1.74. The van der Waals surface area contributed by atoms with Gasteiger partial charge in [-0.2, -0.15) is 0 Å². The molecule has 0 saturated heterocycles. The normalized spacial score (nSPS) is 10.2. The third-order valence-electron chi connectivity index (χ3n) is 2.63. The number of nitrogens with two attached hydrogens (primary N) is 1. The molecule has 19 heavy (non-hydrogen) atoms. The highest BCUT2D eigenvalue weighted by Gasteiger charge is 2.07. The molecule has 0 fully saturated rings. The molecule has 0 atom stereocenters. The van der Waals surface area contributed by atoms with Crippen molar-refractivity contribution in [1.82, 2.24) is 5.32 Å². The molecule has 0 spiro atoms. The minimum atomic E-state index is -0.305. The van der Waals surface area contributed by atoms with Gasteiger partial charge in [0.2, 0.25) is 0 Å². The molecule has 0 saturated carbocycles. The van der Waals surface area contributed by atoms with Gasteiger partial charge in [0.15, 0.2) is 0 Å². The Morgan fingerprint density at radius 1 is 1.21 bits per heavy atom. The number of anilines is 1. The molecule has 0 aliphatic carbocycles. The number of rotatable bonds is 3. The molecule has 2 aromatic rings. The lowest BCUT2D eigenvalue weighted by Gasteiger charge is -2.06. The van der Waals surface area contributed by atoms with Gasteiger partial charge < -0.3 is 11.1 Å². The van der Waals surface area contributed by atoms with Crippen LogP contribution in [0.5, 0.6) is 0 Å². The second-order valence-electron chi connectivity index (χ2n) is 4.05. The highest BCUT2D eigenvalue weighted by molar-refractivity contribution is 6.33. The van der Waals surface area contributed by atoms with Crippen molar-refractivity contribution in [2.75, 3.05) is 5.73 Å². The Kier molecular flexibility index (Phi) is 4.02. The minimum absolute atomic E-state index is 0.258. The number of carbonyl (C=O) groups is 1. The maximum atomic E-state index is 12.7. The van der Waals surface area contributed by atoms with Gasteiger partial charge in [0.25, 0.3) is 5.91 Å². The number of hydrogen-bond donors (Lipinski definition) is 2. The Hall–Kier alpha value is -2.07. The number of benzene rings is 2. The van der Waals surface area contributed by atoms with E-state index in [1.54, 1.807) is 24.3 Å². The molecule has 2 rings (SSSR count). The summed E-state index contributed by atoms with van der Waals surface area (Å²) < 4.78 is 12.7. The number of nitrogens with one attached hydrogen (secondary N) is 1. The Morgan fingerprint density at radius 2 is 1.89 bits per heavy atom. The van der Waals surface area contributed by atoms with Gasteiger partial charge in [0, 0.05) is 12.1 Å². The number of halogens is 2. The second kappa shape index (κ2) is 5.71. The summed E-state index contributed by atoms with van der Waals surface area (Å²) in [4.78, 5) is 11.9. The van der Waals surface area contributed by atoms with E-state index in [0.717, 1.165) is 5.56 Å². The molecule has 0 heterocycles. The Labute approximate surface area is 115 Å². The highest BCUT2D eigenvalue weighted by atomic mass is 35.5. The van der Waals surface area contributed by atoms with Crippen LogP contribution >= 0.6 is 11.6 Å². The minimum Gasteiger partial charge on any atom is -0.398 e. The van der Waals surface area contributed by atoms with Crippen LogP contribution in [0.1, 0.15) is 15.9 Å². The van der Waals surface area contributed by atoms with E-state index in [2.05, 4.69) is 5.32 Å². The Morgan fingerprint density at radius 3 is 2.53 bits per heavy atom. The fourth-order valence-electron chi connectivity index (χ4n) is 1.56. The molecule has 0 unspecified atom stereocenters. The summed E-state index contributed by atoms with van der Waals surface area (Å²) in [7, 11) is 0. The number of carbonyl (C=O) groups excluding carboxylic acids is 1. The first-order valence-corrected chi connectivity index (χ1v) is 6.02. The third kappa shape index (κ3) is 3.45.